The number of para-hydroxylation sites is 1. The first kappa shape index (κ1) is 17.0. The summed E-state index contributed by atoms with van der Waals surface area (Å²) >= 11 is 0. The fourth-order valence-electron chi connectivity index (χ4n) is 5.39. The van der Waals surface area contributed by atoms with E-state index in [0.29, 0.717) is 0 Å². The third kappa shape index (κ3) is 2.28. The Labute approximate surface area is 180 Å². The van der Waals surface area contributed by atoms with Gasteiger partial charge >= 0.3 is 0 Å². The second-order valence-corrected chi connectivity index (χ2v) is 8.43. The Bertz CT molecular complexity index is 1470. The van der Waals surface area contributed by atoms with E-state index in [1.807, 2.05) is 18.2 Å². The maximum atomic E-state index is 6.99. The quantitative estimate of drug-likeness (QED) is 0.278. The number of ether oxygens (including phenoxy) is 1. The van der Waals surface area contributed by atoms with Gasteiger partial charge in [0.25, 0.3) is 0 Å². The molecule has 0 amide bonds. The van der Waals surface area contributed by atoms with Crippen LogP contribution in [0.1, 0.15) is 27.8 Å². The Hall–Kier alpha value is -3.78. The molecule has 2 aliphatic rings. The van der Waals surface area contributed by atoms with Gasteiger partial charge in [-0.3, -0.25) is 0 Å². The lowest BCUT2D eigenvalue weighted by atomic mass is 9.81. The van der Waals surface area contributed by atoms with Gasteiger partial charge in [-0.1, -0.05) is 66.7 Å². The van der Waals surface area contributed by atoms with Gasteiger partial charge in [-0.25, -0.2) is 0 Å². The third-order valence-electron chi connectivity index (χ3n) is 6.80. The van der Waals surface area contributed by atoms with Gasteiger partial charge in [0.15, 0.2) is 5.60 Å². The largest absolute Gasteiger partial charge is 0.473 e. The standard InChI is InChI=1S/C29H20O2/c1-4-10-23-19(7-1)13-14-20-8-2-5-11-24(20)29(23)18-17-22-26(31-29)15-16-27-28(22)21-9-3-6-12-25(21)30-27/h1-12,15-18H,13-14H2. The Kier molecular flexibility index (Phi) is 3.35. The molecule has 2 nitrogen and oxygen atoms in total. The number of rotatable bonds is 0. The van der Waals surface area contributed by atoms with Gasteiger partial charge in [0.1, 0.15) is 16.9 Å². The minimum atomic E-state index is -0.621. The molecule has 0 unspecified atom stereocenters. The van der Waals surface area contributed by atoms with Crippen molar-refractivity contribution in [1.82, 2.24) is 0 Å². The van der Waals surface area contributed by atoms with Crippen LogP contribution in [0.4, 0.5) is 0 Å². The maximum absolute atomic E-state index is 6.99. The molecule has 0 fully saturated rings. The maximum Gasteiger partial charge on any atom is 0.178 e. The molecular formula is C29H20O2. The molecule has 1 spiro atoms. The van der Waals surface area contributed by atoms with Crippen LogP contribution in [0.5, 0.6) is 5.75 Å². The first-order valence-electron chi connectivity index (χ1n) is 10.8. The van der Waals surface area contributed by atoms with Crippen LogP contribution in [-0.4, -0.2) is 0 Å². The normalized spacial score (nSPS) is 15.9. The highest BCUT2D eigenvalue weighted by atomic mass is 16.5. The summed E-state index contributed by atoms with van der Waals surface area (Å²) in [6, 6.07) is 29.7. The van der Waals surface area contributed by atoms with Gasteiger partial charge in [-0.2, -0.15) is 0 Å². The van der Waals surface area contributed by atoms with Gasteiger partial charge in [0.2, 0.25) is 0 Å². The summed E-state index contributed by atoms with van der Waals surface area (Å²) in [6.45, 7) is 0. The van der Waals surface area contributed by atoms with E-state index in [1.165, 1.54) is 22.3 Å². The first-order valence-corrected chi connectivity index (χ1v) is 10.8. The van der Waals surface area contributed by atoms with E-state index >= 15 is 0 Å². The number of benzene rings is 4. The van der Waals surface area contributed by atoms with Gasteiger partial charge < -0.3 is 9.15 Å². The number of hydrogen-bond acceptors (Lipinski definition) is 2. The zero-order valence-corrected chi connectivity index (χ0v) is 17.0. The summed E-state index contributed by atoms with van der Waals surface area (Å²) in [5.41, 5.74) is 7.44. The molecule has 0 saturated heterocycles. The SMILES string of the molecule is C1=CC2(Oc3ccc4oc5ccccc5c4c31)c1ccccc1CCc1ccccc12. The van der Waals surface area contributed by atoms with Crippen molar-refractivity contribution in [3.05, 3.63) is 119 Å². The zero-order valence-electron chi connectivity index (χ0n) is 17.0. The van der Waals surface area contributed by atoms with E-state index in [1.54, 1.807) is 0 Å². The van der Waals surface area contributed by atoms with Crippen molar-refractivity contribution in [2.45, 2.75) is 18.4 Å². The van der Waals surface area contributed by atoms with Gasteiger partial charge in [-0.15, -0.1) is 0 Å². The van der Waals surface area contributed by atoms with Crippen LogP contribution in [0.3, 0.4) is 0 Å². The summed E-state index contributed by atoms with van der Waals surface area (Å²) in [5, 5.41) is 2.25. The van der Waals surface area contributed by atoms with Gasteiger partial charge in [-0.05, 0) is 54.3 Å². The summed E-state index contributed by atoms with van der Waals surface area (Å²) in [4.78, 5) is 0. The highest BCUT2D eigenvalue weighted by Gasteiger charge is 2.41. The monoisotopic (exact) mass is 400 g/mol. The van der Waals surface area contributed by atoms with E-state index in [9.17, 15) is 0 Å². The first-order chi connectivity index (χ1) is 15.3. The summed E-state index contributed by atoms with van der Waals surface area (Å²) in [6.07, 6.45) is 6.52. The van der Waals surface area contributed by atoms with Gasteiger partial charge in [0.05, 0.1) is 0 Å². The summed E-state index contributed by atoms with van der Waals surface area (Å²) in [5.74, 6) is 0.896. The minimum absolute atomic E-state index is 0.621. The molecule has 1 aromatic heterocycles. The molecule has 1 aliphatic heterocycles. The summed E-state index contributed by atoms with van der Waals surface area (Å²) in [7, 11) is 0. The lowest BCUT2D eigenvalue weighted by Gasteiger charge is -2.37. The van der Waals surface area contributed by atoms with Crippen LogP contribution in [0, 0.1) is 0 Å². The molecule has 0 bridgehead atoms. The number of hydrogen-bond donors (Lipinski definition) is 0. The van der Waals surface area contributed by atoms with E-state index in [2.05, 4.69) is 78.9 Å². The Morgan fingerprint density at radius 3 is 2.10 bits per heavy atom. The average Bonchev–Trinajstić information content (AvgIpc) is 3.16. The number of furan rings is 1. The third-order valence-corrected chi connectivity index (χ3v) is 6.80. The fourth-order valence-corrected chi connectivity index (χ4v) is 5.39. The van der Waals surface area contributed by atoms with E-state index < -0.39 is 5.60 Å². The molecule has 1 aliphatic carbocycles. The molecule has 148 valence electrons. The van der Waals surface area contributed by atoms with E-state index in [-0.39, 0.29) is 0 Å². The molecule has 2 heterocycles. The summed E-state index contributed by atoms with van der Waals surface area (Å²) < 4.78 is 13.1. The Morgan fingerprint density at radius 2 is 1.32 bits per heavy atom. The van der Waals surface area contributed by atoms with Crippen LogP contribution in [0.15, 0.2) is 95.4 Å². The Balaban J connectivity index is 1.53. The van der Waals surface area contributed by atoms with E-state index in [4.69, 9.17) is 9.15 Å². The molecule has 31 heavy (non-hydrogen) atoms. The molecule has 5 aromatic rings. The predicted molar refractivity (Wildman–Crippen MR) is 124 cm³/mol. The zero-order chi connectivity index (χ0) is 20.4. The van der Waals surface area contributed by atoms with Crippen molar-refractivity contribution < 1.29 is 9.15 Å². The Morgan fingerprint density at radius 1 is 0.645 bits per heavy atom. The van der Waals surface area contributed by atoms with Crippen LogP contribution in [-0.2, 0) is 18.4 Å². The highest BCUT2D eigenvalue weighted by Crippen LogP contribution is 2.48. The molecule has 7 rings (SSSR count). The molecule has 0 N–H and O–H groups in total. The van der Waals surface area contributed by atoms with Crippen molar-refractivity contribution in [2.75, 3.05) is 0 Å². The molecule has 4 aromatic carbocycles. The van der Waals surface area contributed by atoms with Crippen molar-refractivity contribution in [3.63, 3.8) is 0 Å². The minimum Gasteiger partial charge on any atom is -0.473 e. The second kappa shape index (κ2) is 6.12. The lowest BCUT2D eigenvalue weighted by molar-refractivity contribution is 0.160. The average molecular weight is 400 g/mol. The van der Waals surface area contributed by atoms with Crippen molar-refractivity contribution in [3.8, 4) is 5.75 Å². The van der Waals surface area contributed by atoms with Crippen LogP contribution in [0.2, 0.25) is 0 Å². The topological polar surface area (TPSA) is 22.4 Å². The molecule has 0 atom stereocenters. The van der Waals surface area contributed by atoms with Crippen LogP contribution in [0.25, 0.3) is 28.0 Å². The van der Waals surface area contributed by atoms with Crippen molar-refractivity contribution >= 4 is 28.0 Å². The van der Waals surface area contributed by atoms with Gasteiger partial charge in [0, 0.05) is 27.5 Å². The molecular weight excluding hydrogens is 380 g/mol. The highest BCUT2D eigenvalue weighted by molar-refractivity contribution is 6.10. The second-order valence-electron chi connectivity index (χ2n) is 8.43. The van der Waals surface area contributed by atoms with E-state index in [0.717, 1.165) is 46.1 Å². The molecule has 0 radical (unpaired) electrons. The molecule has 0 saturated carbocycles. The number of aryl methyl sites for hydroxylation is 2. The number of fused-ring (bicyclic) bond motifs is 9. The fraction of sp³-hybridized carbons (Fsp3) is 0.103. The lowest BCUT2D eigenvalue weighted by Crippen LogP contribution is -2.35. The van der Waals surface area contributed by atoms with Crippen molar-refractivity contribution in [1.29, 1.82) is 0 Å². The smallest absolute Gasteiger partial charge is 0.178 e. The van der Waals surface area contributed by atoms with Crippen LogP contribution < -0.4 is 4.74 Å². The van der Waals surface area contributed by atoms with Crippen LogP contribution >= 0.6 is 0 Å². The predicted octanol–water partition coefficient (Wildman–Crippen LogP) is 7.03. The molecule has 2 heteroatoms. The van der Waals surface area contributed by atoms with Crippen molar-refractivity contribution in [2.24, 2.45) is 0 Å².